The van der Waals surface area contributed by atoms with Gasteiger partial charge in [0.2, 0.25) is 0 Å². The molecule has 1 aliphatic heterocycles. The van der Waals surface area contributed by atoms with E-state index in [4.69, 9.17) is 10.2 Å². The van der Waals surface area contributed by atoms with Crippen molar-refractivity contribution in [1.82, 2.24) is 0 Å². The first-order chi connectivity index (χ1) is 7.54. The van der Waals surface area contributed by atoms with Crippen molar-refractivity contribution in [3.63, 3.8) is 0 Å². The molecule has 0 radical (unpaired) electrons. The molecule has 0 saturated carbocycles. The Kier molecular flexibility index (Phi) is 1.43. The van der Waals surface area contributed by atoms with Gasteiger partial charge in [0, 0.05) is 17.0 Å². The molecule has 1 aromatic carbocycles. The number of ether oxygens (including phenoxy) is 1. The van der Waals surface area contributed by atoms with Crippen molar-refractivity contribution in [2.24, 2.45) is 0 Å². The van der Waals surface area contributed by atoms with Crippen molar-refractivity contribution >= 4 is 15.9 Å². The average molecular weight is 231 g/mol. The first kappa shape index (κ1) is 4.77. The molecule has 0 bridgehead atoms. The van der Waals surface area contributed by atoms with Crippen LogP contribution in [0.25, 0.3) is 0 Å². The second kappa shape index (κ2) is 3.58. The van der Waals surface area contributed by atoms with E-state index in [1.807, 2.05) is 0 Å². The summed E-state index contributed by atoms with van der Waals surface area (Å²) in [5.41, 5.74) is 0.533. The lowest BCUT2D eigenvalue weighted by Crippen LogP contribution is -1.96. The molecule has 0 aromatic heterocycles. The van der Waals surface area contributed by atoms with Crippen LogP contribution in [0.1, 0.15) is 23.4 Å². The lowest BCUT2D eigenvalue weighted by Gasteiger charge is -2.07. The van der Waals surface area contributed by atoms with Gasteiger partial charge >= 0.3 is 0 Å². The summed E-state index contributed by atoms with van der Waals surface area (Å²) in [6, 6.07) is -0.0577. The number of hydrogen-bond donors (Lipinski definition) is 0. The highest BCUT2D eigenvalue weighted by molar-refractivity contribution is 9.10. The Labute approximate surface area is 86.5 Å². The summed E-state index contributed by atoms with van der Waals surface area (Å²) >= 11 is 3.14. The van der Waals surface area contributed by atoms with Crippen molar-refractivity contribution < 1.29 is 10.2 Å². The van der Waals surface area contributed by atoms with E-state index >= 15 is 0 Å². The van der Waals surface area contributed by atoms with Crippen molar-refractivity contribution in [2.75, 3.05) is 13.2 Å². The third-order valence-electron chi connectivity index (χ3n) is 1.95. The Morgan fingerprint density at radius 3 is 3.25 bits per heavy atom. The van der Waals surface area contributed by atoms with Gasteiger partial charge in [0.05, 0.1) is 12.1 Å². The van der Waals surface area contributed by atoms with Gasteiger partial charge in [-0.15, -0.1) is 0 Å². The fourth-order valence-corrected chi connectivity index (χ4v) is 1.61. The Bertz CT molecular complexity index is 400. The average Bonchev–Trinajstić information content (AvgIpc) is 2.77. The highest BCUT2D eigenvalue weighted by Crippen LogP contribution is 2.26. The van der Waals surface area contributed by atoms with Gasteiger partial charge in [0.1, 0.15) is 0 Å². The van der Waals surface area contributed by atoms with Crippen molar-refractivity contribution in [2.45, 2.75) is 12.3 Å². The molecule has 1 aromatic rings. The molecular weight excluding hydrogens is 216 g/mol. The van der Waals surface area contributed by atoms with Gasteiger partial charge in [0.25, 0.3) is 0 Å². The van der Waals surface area contributed by atoms with Crippen LogP contribution in [0.2, 0.25) is 0 Å². The van der Waals surface area contributed by atoms with E-state index in [0.29, 0.717) is 23.2 Å². The second-order valence-electron chi connectivity index (χ2n) is 2.79. The van der Waals surface area contributed by atoms with Gasteiger partial charge < -0.3 is 4.74 Å². The monoisotopic (exact) mass is 230 g/mol. The Hall–Kier alpha value is -0.340. The molecule has 2 heteroatoms. The van der Waals surface area contributed by atoms with Crippen LogP contribution in [0.3, 0.4) is 0 Å². The molecule has 1 aliphatic rings. The highest BCUT2D eigenvalue weighted by atomic mass is 79.9. The van der Waals surface area contributed by atoms with E-state index in [1.165, 1.54) is 0 Å². The smallest absolute Gasteiger partial charge is 0.0638 e. The molecule has 1 nitrogen and oxygen atoms in total. The van der Waals surface area contributed by atoms with E-state index in [2.05, 4.69) is 15.9 Å². The van der Waals surface area contributed by atoms with E-state index < -0.39 is 0 Å². The number of halogens is 1. The summed E-state index contributed by atoms with van der Waals surface area (Å²) in [6.07, 6.45) is 0.779. The molecule has 12 heavy (non-hydrogen) atoms. The summed E-state index contributed by atoms with van der Waals surface area (Å²) in [6.45, 7) is 1.14. The normalized spacial score (nSPS) is 27.6. The van der Waals surface area contributed by atoms with Crippen LogP contribution in [0.15, 0.2) is 28.6 Å². The summed E-state index contributed by atoms with van der Waals surface area (Å²) in [4.78, 5) is 0. The number of rotatable bonds is 1. The van der Waals surface area contributed by atoms with Gasteiger partial charge in [-0.3, -0.25) is 0 Å². The summed E-state index contributed by atoms with van der Waals surface area (Å²) < 4.78 is 36.5. The third-order valence-corrected chi connectivity index (χ3v) is 2.35. The fourth-order valence-electron chi connectivity index (χ4n) is 1.30. The zero-order valence-corrected chi connectivity index (χ0v) is 8.07. The number of benzene rings is 1. The minimum Gasteiger partial charge on any atom is -0.381 e. The Morgan fingerprint density at radius 1 is 1.58 bits per heavy atom. The molecule has 0 spiro atoms. The zero-order valence-electron chi connectivity index (χ0n) is 10.5. The maximum atomic E-state index is 7.91. The largest absolute Gasteiger partial charge is 0.381 e. The first-order valence-corrected chi connectivity index (χ1v) is 4.66. The molecule has 1 unspecified atom stereocenters. The maximum Gasteiger partial charge on any atom is 0.0638 e. The molecule has 1 atom stereocenters. The molecule has 0 amide bonds. The number of hydrogen-bond acceptors (Lipinski definition) is 1. The molecule has 1 saturated heterocycles. The Morgan fingerprint density at radius 2 is 2.50 bits per heavy atom. The van der Waals surface area contributed by atoms with Gasteiger partial charge in [-0.05, 0) is 24.1 Å². The molecule has 2 rings (SSSR count). The second-order valence-corrected chi connectivity index (χ2v) is 3.58. The maximum absolute atomic E-state index is 7.91. The Balaban J connectivity index is 2.59. The van der Waals surface area contributed by atoms with Gasteiger partial charge in [-0.2, -0.15) is 0 Å². The predicted octanol–water partition coefficient (Wildman–Crippen LogP) is 2.95. The van der Waals surface area contributed by atoms with Crippen LogP contribution >= 0.6 is 15.9 Å². The third kappa shape index (κ3) is 1.70. The van der Waals surface area contributed by atoms with Crippen LogP contribution < -0.4 is 0 Å². The van der Waals surface area contributed by atoms with Crippen LogP contribution in [-0.2, 0) is 4.74 Å². The van der Waals surface area contributed by atoms with Crippen LogP contribution in [0, 0.1) is 0 Å². The summed E-state index contributed by atoms with van der Waals surface area (Å²) in [7, 11) is 0. The molecule has 1 fully saturated rings. The molecule has 64 valence electrons. The molecule has 0 aliphatic carbocycles. The van der Waals surface area contributed by atoms with E-state index in [0.717, 1.165) is 6.42 Å². The molecule has 0 N–H and O–H groups in total. The van der Waals surface area contributed by atoms with Gasteiger partial charge in [-0.1, -0.05) is 28.0 Å². The molecular formula is C10H11BrO. The zero-order chi connectivity index (χ0) is 11.9. The topological polar surface area (TPSA) is 9.23 Å². The quantitative estimate of drug-likeness (QED) is 0.722. The van der Waals surface area contributed by atoms with Crippen molar-refractivity contribution in [3.8, 4) is 0 Å². The van der Waals surface area contributed by atoms with Crippen molar-refractivity contribution in [3.05, 3.63) is 34.2 Å². The predicted molar refractivity (Wildman–Crippen MR) is 52.3 cm³/mol. The van der Waals surface area contributed by atoms with Crippen LogP contribution in [-0.4, -0.2) is 13.2 Å². The highest BCUT2D eigenvalue weighted by Gasteiger charge is 2.17. The van der Waals surface area contributed by atoms with E-state index in [9.17, 15) is 0 Å². The van der Waals surface area contributed by atoms with Gasteiger partial charge in [0.15, 0.2) is 0 Å². The van der Waals surface area contributed by atoms with Crippen molar-refractivity contribution in [1.29, 1.82) is 0 Å². The summed E-state index contributed by atoms with van der Waals surface area (Å²) in [5.74, 6) is 0.0148. The lowest BCUT2D eigenvalue weighted by molar-refractivity contribution is 0.194. The standard InChI is InChI=1S/C10H11BrO/c11-10-3-1-2-8(6-10)9-4-5-12-7-9/h1-3,6,9H,4-5,7H2/i1D,2D,3D,6D. The van der Waals surface area contributed by atoms with Gasteiger partial charge in [-0.25, -0.2) is 0 Å². The minimum absolute atomic E-state index is 0.00583. The van der Waals surface area contributed by atoms with E-state index in [1.54, 1.807) is 0 Å². The summed E-state index contributed by atoms with van der Waals surface area (Å²) in [5, 5.41) is 0. The minimum atomic E-state index is -0.121. The van der Waals surface area contributed by atoms with Crippen LogP contribution in [0.4, 0.5) is 0 Å². The van der Waals surface area contributed by atoms with E-state index in [-0.39, 0.29) is 30.1 Å². The lowest BCUT2D eigenvalue weighted by atomic mass is 9.99. The SMILES string of the molecule is [2H]c1c([2H])c(Br)c([2H])c(C2CCOC2)c1[2H]. The fraction of sp³-hybridized carbons (Fsp3) is 0.400. The first-order valence-electron chi connectivity index (χ1n) is 5.87. The molecule has 1 heterocycles. The van der Waals surface area contributed by atoms with Crippen LogP contribution in [0.5, 0.6) is 0 Å².